The number of carbonyl (C=O) groups excluding carboxylic acids is 2. The molecule has 190 valence electrons. The Morgan fingerprint density at radius 2 is 1.81 bits per heavy atom. The Morgan fingerprint density at radius 1 is 1.05 bits per heavy atom. The number of fused-ring (bicyclic) bond motifs is 1. The number of hydrogen-bond donors (Lipinski definition) is 3. The Hall–Kier alpha value is -4.21. The maximum Gasteiger partial charge on any atom is 0.325 e. The van der Waals surface area contributed by atoms with Gasteiger partial charge in [0.15, 0.2) is 0 Å². The highest BCUT2D eigenvalue weighted by Crippen LogP contribution is 2.30. The molecule has 3 heterocycles. The van der Waals surface area contributed by atoms with E-state index in [1.54, 1.807) is 24.0 Å². The quantitative estimate of drug-likeness (QED) is 0.358. The maximum atomic E-state index is 12.9. The second kappa shape index (κ2) is 10.4. The first-order valence-corrected chi connectivity index (χ1v) is 12.3. The second-order valence-corrected chi connectivity index (χ2v) is 9.13. The summed E-state index contributed by atoms with van der Waals surface area (Å²) < 4.78 is 1.58. The molecule has 3 N–H and O–H groups in total. The number of hydrogen-bond acceptors (Lipinski definition) is 6. The number of rotatable bonds is 7. The fourth-order valence-corrected chi connectivity index (χ4v) is 4.65. The van der Waals surface area contributed by atoms with Crippen molar-refractivity contribution < 1.29 is 14.7 Å². The van der Waals surface area contributed by atoms with Crippen LogP contribution < -0.4 is 15.5 Å². The molecule has 0 saturated carbocycles. The first kappa shape index (κ1) is 24.5. The number of β-amino-alcohol motifs (C(OH)–C–C–N with tert-alkyl or cyclic N) is 1. The van der Waals surface area contributed by atoms with Gasteiger partial charge in [-0.1, -0.05) is 12.1 Å². The van der Waals surface area contributed by atoms with E-state index in [9.17, 15) is 14.7 Å². The normalized spacial score (nSPS) is 13.8. The Bertz CT molecular complexity index is 1430. The smallest absolute Gasteiger partial charge is 0.325 e. The topological polar surface area (TPSA) is 103 Å². The minimum atomic E-state index is -0.226. The highest BCUT2D eigenvalue weighted by molar-refractivity contribution is 6.04. The van der Waals surface area contributed by atoms with Crippen LogP contribution in [0.5, 0.6) is 0 Å². The van der Waals surface area contributed by atoms with Crippen molar-refractivity contribution >= 4 is 40.0 Å². The molecule has 37 heavy (non-hydrogen) atoms. The zero-order valence-corrected chi connectivity index (χ0v) is 20.9. The van der Waals surface area contributed by atoms with Gasteiger partial charge in [-0.15, -0.1) is 0 Å². The van der Waals surface area contributed by atoms with Crippen molar-refractivity contribution in [1.82, 2.24) is 19.8 Å². The van der Waals surface area contributed by atoms with E-state index in [1.807, 2.05) is 60.7 Å². The third-order valence-electron chi connectivity index (χ3n) is 6.59. The number of aliphatic hydroxyl groups excluding tert-OH is 1. The number of aliphatic hydroxyl groups is 1. The van der Waals surface area contributed by atoms with Crippen LogP contribution in [0.25, 0.3) is 10.9 Å². The van der Waals surface area contributed by atoms with Gasteiger partial charge >= 0.3 is 6.03 Å². The molecule has 2 aromatic carbocycles. The molecule has 0 atom stereocenters. The zero-order chi connectivity index (χ0) is 25.9. The summed E-state index contributed by atoms with van der Waals surface area (Å²) in [4.78, 5) is 33.6. The molecular weight excluding hydrogens is 468 g/mol. The van der Waals surface area contributed by atoms with Crippen molar-refractivity contribution in [3.8, 4) is 0 Å². The van der Waals surface area contributed by atoms with E-state index in [-0.39, 0.29) is 18.0 Å². The fraction of sp³-hybridized carbons (Fsp3) is 0.250. The lowest BCUT2D eigenvalue weighted by atomic mass is 10.1. The monoisotopic (exact) mass is 498 g/mol. The van der Waals surface area contributed by atoms with E-state index < -0.39 is 0 Å². The summed E-state index contributed by atoms with van der Waals surface area (Å²) >= 11 is 0. The number of aromatic nitrogens is 2. The van der Waals surface area contributed by atoms with Crippen molar-refractivity contribution in [3.63, 3.8) is 0 Å². The lowest BCUT2D eigenvalue weighted by Gasteiger charge is -2.35. The second-order valence-electron chi connectivity index (χ2n) is 9.13. The SMILES string of the molecule is CCN(c1ccnc(NC(=O)c2ccc(CN3CC(O)C3)cc2)c1)c1ccc2c(ccn2C(=O)NC)c1. The largest absolute Gasteiger partial charge is 0.390 e. The van der Waals surface area contributed by atoms with Gasteiger partial charge in [-0.3, -0.25) is 14.3 Å². The van der Waals surface area contributed by atoms with Crippen LogP contribution >= 0.6 is 0 Å². The van der Waals surface area contributed by atoms with Gasteiger partial charge in [0.1, 0.15) is 5.82 Å². The standard InChI is InChI=1S/C28H30N6O3/c1-3-33(22-8-9-25-21(14-22)11-13-34(25)28(37)29-2)23-10-12-30-26(15-23)31-27(36)20-6-4-19(5-7-20)16-32-17-24(35)18-32/h4-15,24,35H,3,16-18H2,1-2H3,(H,29,37)(H,30,31,36). The molecule has 0 radical (unpaired) electrons. The van der Waals surface area contributed by atoms with Gasteiger partial charge in [-0.2, -0.15) is 0 Å². The van der Waals surface area contributed by atoms with Crippen LogP contribution in [-0.2, 0) is 6.54 Å². The van der Waals surface area contributed by atoms with Gasteiger partial charge in [-0.05, 0) is 55.0 Å². The summed E-state index contributed by atoms with van der Waals surface area (Å²) in [6, 6.07) is 18.9. The van der Waals surface area contributed by atoms with Crippen LogP contribution in [0.15, 0.2) is 73.1 Å². The summed E-state index contributed by atoms with van der Waals surface area (Å²) in [5, 5.41) is 15.9. The average molecular weight is 499 g/mol. The molecule has 1 aliphatic rings. The Kier molecular flexibility index (Phi) is 6.89. The van der Waals surface area contributed by atoms with Gasteiger partial charge < -0.3 is 20.6 Å². The first-order chi connectivity index (χ1) is 17.9. The third-order valence-corrected chi connectivity index (χ3v) is 6.59. The highest BCUT2D eigenvalue weighted by Gasteiger charge is 2.24. The van der Waals surface area contributed by atoms with Gasteiger partial charge in [0.05, 0.1) is 11.6 Å². The van der Waals surface area contributed by atoms with E-state index in [0.717, 1.165) is 34.4 Å². The van der Waals surface area contributed by atoms with E-state index in [4.69, 9.17) is 0 Å². The molecule has 0 spiro atoms. The van der Waals surface area contributed by atoms with E-state index in [2.05, 4.69) is 32.3 Å². The van der Waals surface area contributed by atoms with Crippen molar-refractivity contribution in [2.45, 2.75) is 19.6 Å². The summed E-state index contributed by atoms with van der Waals surface area (Å²) in [7, 11) is 1.61. The van der Waals surface area contributed by atoms with Gasteiger partial charge in [0.25, 0.3) is 5.91 Å². The first-order valence-electron chi connectivity index (χ1n) is 12.3. The third kappa shape index (κ3) is 5.18. The number of anilines is 3. The Balaban J connectivity index is 1.30. The Morgan fingerprint density at radius 3 is 2.51 bits per heavy atom. The van der Waals surface area contributed by atoms with Crippen LogP contribution in [-0.4, -0.2) is 64.3 Å². The molecule has 1 fully saturated rings. The number of pyridine rings is 1. The molecule has 0 aliphatic carbocycles. The van der Waals surface area contributed by atoms with Crippen LogP contribution in [0, 0.1) is 0 Å². The molecular formula is C28H30N6O3. The number of benzene rings is 2. The predicted octanol–water partition coefficient (Wildman–Crippen LogP) is 3.81. The molecule has 0 bridgehead atoms. The molecule has 0 unspecified atom stereocenters. The molecule has 5 rings (SSSR count). The van der Waals surface area contributed by atoms with Crippen molar-refractivity contribution in [3.05, 3.63) is 84.2 Å². The lowest BCUT2D eigenvalue weighted by molar-refractivity contribution is -0.00286. The van der Waals surface area contributed by atoms with E-state index >= 15 is 0 Å². The molecule has 9 heteroatoms. The predicted molar refractivity (Wildman–Crippen MR) is 144 cm³/mol. The molecule has 2 aromatic heterocycles. The zero-order valence-electron chi connectivity index (χ0n) is 20.9. The summed E-state index contributed by atoms with van der Waals surface area (Å²) in [6.07, 6.45) is 3.21. The van der Waals surface area contributed by atoms with Gasteiger partial charge in [-0.25, -0.2) is 9.78 Å². The highest BCUT2D eigenvalue weighted by atomic mass is 16.3. The number of amides is 2. The summed E-state index contributed by atoms with van der Waals surface area (Å²) in [5.41, 5.74) is 4.35. The van der Waals surface area contributed by atoms with E-state index in [1.165, 1.54) is 0 Å². The maximum absolute atomic E-state index is 12.9. The van der Waals surface area contributed by atoms with Crippen LogP contribution in [0.1, 0.15) is 22.8 Å². The van der Waals surface area contributed by atoms with Crippen LogP contribution in [0.3, 0.4) is 0 Å². The molecule has 9 nitrogen and oxygen atoms in total. The average Bonchev–Trinajstić information content (AvgIpc) is 3.32. The number of carbonyl (C=O) groups is 2. The molecule has 4 aromatic rings. The summed E-state index contributed by atoms with van der Waals surface area (Å²) in [6.45, 7) is 4.90. The van der Waals surface area contributed by atoms with Crippen LogP contribution in [0.4, 0.5) is 22.0 Å². The molecule has 2 amide bonds. The number of nitrogens with one attached hydrogen (secondary N) is 2. The fourth-order valence-electron chi connectivity index (χ4n) is 4.65. The van der Waals surface area contributed by atoms with E-state index in [0.29, 0.717) is 31.0 Å². The van der Waals surface area contributed by atoms with Crippen molar-refractivity contribution in [1.29, 1.82) is 0 Å². The van der Waals surface area contributed by atoms with Crippen LogP contribution in [0.2, 0.25) is 0 Å². The molecule has 1 saturated heterocycles. The van der Waals surface area contributed by atoms with Gasteiger partial charge in [0.2, 0.25) is 0 Å². The number of nitrogens with zero attached hydrogens (tertiary/aromatic N) is 4. The molecule has 1 aliphatic heterocycles. The Labute approximate surface area is 215 Å². The minimum absolute atomic E-state index is 0.185. The summed E-state index contributed by atoms with van der Waals surface area (Å²) in [5.74, 6) is 0.238. The van der Waals surface area contributed by atoms with Crippen molar-refractivity contribution in [2.24, 2.45) is 0 Å². The number of likely N-dealkylation sites (tertiary alicyclic amines) is 1. The lowest BCUT2D eigenvalue weighted by Crippen LogP contribution is -2.49. The van der Waals surface area contributed by atoms with Crippen molar-refractivity contribution in [2.75, 3.05) is 36.9 Å². The van der Waals surface area contributed by atoms with Gasteiger partial charge in [0, 0.05) is 74.0 Å². The minimum Gasteiger partial charge on any atom is -0.390 e.